The second kappa shape index (κ2) is 10.1. The van der Waals surface area contributed by atoms with Gasteiger partial charge in [0.1, 0.15) is 12.1 Å². The van der Waals surface area contributed by atoms with E-state index in [-0.39, 0.29) is 11.8 Å². The molecule has 0 unspecified atom stereocenters. The fourth-order valence-electron chi connectivity index (χ4n) is 7.49. The van der Waals surface area contributed by atoms with Gasteiger partial charge in [-0.05, 0) is 59.7 Å². The van der Waals surface area contributed by atoms with Crippen molar-refractivity contribution in [2.75, 3.05) is 9.80 Å². The molecule has 218 valence electrons. The van der Waals surface area contributed by atoms with Crippen LogP contribution in [0, 0.1) is 11.8 Å². The highest BCUT2D eigenvalue weighted by atomic mass is 35.5. The van der Waals surface area contributed by atoms with Crippen LogP contribution in [0.1, 0.15) is 23.2 Å². The number of halogens is 2. The van der Waals surface area contributed by atoms with E-state index in [2.05, 4.69) is 0 Å². The molecule has 0 spiro atoms. The summed E-state index contributed by atoms with van der Waals surface area (Å²) in [6.07, 6.45) is 0. The topological polar surface area (TPSA) is 81.2 Å². The highest BCUT2D eigenvalue weighted by molar-refractivity contribution is 6.31. The van der Waals surface area contributed by atoms with Crippen molar-refractivity contribution >= 4 is 58.2 Å². The number of anilines is 2. The fourth-order valence-corrected chi connectivity index (χ4v) is 7.74. The number of benzene rings is 4. The zero-order valence-corrected chi connectivity index (χ0v) is 24.5. The van der Waals surface area contributed by atoms with Gasteiger partial charge in [0.25, 0.3) is 11.8 Å². The molecule has 4 aromatic rings. The molecule has 10 heteroatoms. The fraction of sp³-hybridized carbons (Fsp3) is 0.176. The van der Waals surface area contributed by atoms with Crippen molar-refractivity contribution in [2.24, 2.45) is 11.8 Å². The van der Waals surface area contributed by atoms with Crippen LogP contribution in [0.25, 0.3) is 0 Å². The number of imide groups is 2. The van der Waals surface area contributed by atoms with Crippen LogP contribution in [0.2, 0.25) is 10.0 Å². The first-order chi connectivity index (χ1) is 21.4. The number of rotatable bonds is 4. The number of nitrogens with zero attached hydrogens (tertiary/aromatic N) is 4. The SMILES string of the molecule is O=C1[C@@H]2[C@H](C(=O)N1c1ccc(Cl)cc1)N1[C@H](c3ccccc3)[C@@H]3C(=O)N(c4ccc(Cl)cc4)C(=O)[C@@H]3N1[C@H]2c1ccccc1. The second-order valence-electron chi connectivity index (χ2n) is 11.4. The van der Waals surface area contributed by atoms with Crippen LogP contribution >= 0.6 is 23.2 Å². The van der Waals surface area contributed by atoms with Crippen LogP contribution in [-0.4, -0.2) is 45.7 Å². The Labute approximate surface area is 262 Å². The van der Waals surface area contributed by atoms with Crippen LogP contribution in [0.3, 0.4) is 0 Å². The Kier molecular flexibility index (Phi) is 6.25. The van der Waals surface area contributed by atoms with E-state index in [4.69, 9.17) is 23.2 Å². The van der Waals surface area contributed by atoms with Crippen molar-refractivity contribution in [3.8, 4) is 0 Å². The lowest BCUT2D eigenvalue weighted by Crippen LogP contribution is -2.50. The summed E-state index contributed by atoms with van der Waals surface area (Å²) in [4.78, 5) is 59.9. The van der Waals surface area contributed by atoms with Gasteiger partial charge in [0, 0.05) is 10.0 Å². The lowest BCUT2D eigenvalue weighted by molar-refractivity contribution is -0.136. The van der Waals surface area contributed by atoms with Crippen LogP contribution in [0.15, 0.2) is 109 Å². The summed E-state index contributed by atoms with van der Waals surface area (Å²) in [6.45, 7) is 0. The van der Waals surface area contributed by atoms with Crippen LogP contribution in [0.4, 0.5) is 11.4 Å². The summed E-state index contributed by atoms with van der Waals surface area (Å²) in [7, 11) is 0. The van der Waals surface area contributed by atoms with E-state index in [9.17, 15) is 19.2 Å². The van der Waals surface area contributed by atoms with Gasteiger partial charge in [-0.2, -0.15) is 0 Å². The quantitative estimate of drug-likeness (QED) is 0.282. The van der Waals surface area contributed by atoms with E-state index in [1.165, 1.54) is 9.80 Å². The van der Waals surface area contributed by atoms with E-state index in [0.29, 0.717) is 21.4 Å². The minimum absolute atomic E-state index is 0.361. The molecule has 0 bridgehead atoms. The van der Waals surface area contributed by atoms with E-state index >= 15 is 0 Å². The number of hydrazine groups is 1. The van der Waals surface area contributed by atoms with Gasteiger partial charge in [-0.15, -0.1) is 0 Å². The average molecular weight is 623 g/mol. The van der Waals surface area contributed by atoms with Crippen molar-refractivity contribution in [3.63, 3.8) is 0 Å². The smallest absolute Gasteiger partial charge is 0.253 e. The van der Waals surface area contributed by atoms with Gasteiger partial charge in [0.05, 0.1) is 35.3 Å². The minimum atomic E-state index is -0.927. The Hall–Kier alpha value is -4.34. The molecule has 4 aromatic carbocycles. The molecular formula is C34H24Cl2N4O4. The summed E-state index contributed by atoms with van der Waals surface area (Å²) in [6, 6.07) is 28.8. The van der Waals surface area contributed by atoms with Gasteiger partial charge in [0.2, 0.25) is 11.8 Å². The molecule has 44 heavy (non-hydrogen) atoms. The van der Waals surface area contributed by atoms with E-state index in [1.54, 1.807) is 48.5 Å². The standard InChI is InChI=1S/C34H24Cl2N4O4/c35-21-11-15-23(16-12-21)37-31(41)25-27(19-7-3-1-4-8-19)39-30-26(32(42)38(34(30)44)24-17-13-22(36)14-18-24)28(20-9-5-2-6-10-20)40(39)29(25)33(37)43/h1-18,25-30H/t25-,26-,27-,28+,29+,30+/m0/s1. The minimum Gasteiger partial charge on any atom is -0.274 e. The lowest BCUT2D eigenvalue weighted by atomic mass is 9.84. The number of amides is 4. The third-order valence-corrected chi connectivity index (χ3v) is 9.68. The summed E-state index contributed by atoms with van der Waals surface area (Å²) in [5.74, 6) is -3.16. The number of hydrogen-bond acceptors (Lipinski definition) is 6. The Morgan fingerprint density at radius 3 is 1.09 bits per heavy atom. The molecule has 4 aliphatic rings. The molecule has 0 aliphatic carbocycles. The largest absolute Gasteiger partial charge is 0.274 e. The summed E-state index contributed by atoms with van der Waals surface area (Å²) in [5, 5.41) is 4.69. The first kappa shape index (κ1) is 27.2. The van der Waals surface area contributed by atoms with Crippen molar-refractivity contribution in [1.82, 2.24) is 10.0 Å². The molecule has 0 radical (unpaired) electrons. The van der Waals surface area contributed by atoms with Crippen molar-refractivity contribution < 1.29 is 19.2 Å². The van der Waals surface area contributed by atoms with Gasteiger partial charge in [-0.1, -0.05) is 83.9 Å². The number of hydrogen-bond donors (Lipinski definition) is 0. The third-order valence-electron chi connectivity index (χ3n) is 9.18. The Bertz CT molecular complexity index is 1690. The first-order valence-corrected chi connectivity index (χ1v) is 15.1. The average Bonchev–Trinajstić information content (AvgIpc) is 3.71. The van der Waals surface area contributed by atoms with Crippen LogP contribution in [-0.2, 0) is 19.2 Å². The molecule has 4 amide bonds. The molecule has 8 nitrogen and oxygen atoms in total. The molecule has 0 saturated carbocycles. The zero-order valence-electron chi connectivity index (χ0n) is 23.0. The maximum absolute atomic E-state index is 14.4. The summed E-state index contributed by atoms with van der Waals surface area (Å²) >= 11 is 12.2. The zero-order chi connectivity index (χ0) is 30.3. The molecule has 4 fully saturated rings. The summed E-state index contributed by atoms with van der Waals surface area (Å²) < 4.78 is 0. The van der Waals surface area contributed by atoms with E-state index in [0.717, 1.165) is 11.1 Å². The van der Waals surface area contributed by atoms with Crippen molar-refractivity contribution in [1.29, 1.82) is 0 Å². The predicted molar refractivity (Wildman–Crippen MR) is 164 cm³/mol. The van der Waals surface area contributed by atoms with E-state index in [1.807, 2.05) is 70.7 Å². The highest BCUT2D eigenvalue weighted by Gasteiger charge is 2.73. The molecule has 4 saturated heterocycles. The van der Waals surface area contributed by atoms with Crippen LogP contribution < -0.4 is 9.80 Å². The monoisotopic (exact) mass is 622 g/mol. The molecule has 0 N–H and O–H groups in total. The van der Waals surface area contributed by atoms with E-state index < -0.39 is 47.8 Å². The normalized spacial score (nSPS) is 28.1. The molecule has 4 heterocycles. The Balaban J connectivity index is 1.32. The third kappa shape index (κ3) is 3.78. The molecular weight excluding hydrogens is 599 g/mol. The van der Waals surface area contributed by atoms with Gasteiger partial charge in [-0.25, -0.2) is 19.8 Å². The molecule has 8 rings (SSSR count). The van der Waals surface area contributed by atoms with Crippen molar-refractivity contribution in [2.45, 2.75) is 24.2 Å². The first-order valence-electron chi connectivity index (χ1n) is 14.3. The Morgan fingerprint density at radius 2 is 0.750 bits per heavy atom. The number of carbonyl (C=O) groups excluding carboxylic acids is 4. The highest BCUT2D eigenvalue weighted by Crippen LogP contribution is 2.59. The Morgan fingerprint density at radius 1 is 0.409 bits per heavy atom. The molecule has 0 aromatic heterocycles. The number of carbonyl (C=O) groups is 4. The summed E-state index contributed by atoms with van der Waals surface area (Å²) in [5.41, 5.74) is 2.41. The van der Waals surface area contributed by atoms with Gasteiger partial charge < -0.3 is 0 Å². The van der Waals surface area contributed by atoms with Gasteiger partial charge >= 0.3 is 0 Å². The number of fused-ring (bicyclic) bond motifs is 5. The molecule has 6 atom stereocenters. The van der Waals surface area contributed by atoms with Crippen molar-refractivity contribution in [3.05, 3.63) is 130 Å². The lowest BCUT2D eigenvalue weighted by Gasteiger charge is -2.35. The maximum Gasteiger partial charge on any atom is 0.253 e. The predicted octanol–water partition coefficient (Wildman–Crippen LogP) is 5.44. The van der Waals surface area contributed by atoms with Gasteiger partial charge in [-0.3, -0.25) is 19.2 Å². The van der Waals surface area contributed by atoms with Crippen LogP contribution in [0.5, 0.6) is 0 Å². The molecule has 4 aliphatic heterocycles. The maximum atomic E-state index is 14.4. The second-order valence-corrected chi connectivity index (χ2v) is 12.3. The van der Waals surface area contributed by atoms with Gasteiger partial charge in [0.15, 0.2) is 0 Å².